The predicted octanol–water partition coefficient (Wildman–Crippen LogP) is 0.979. The number of pyridine rings is 1. The second kappa shape index (κ2) is 5.34. The first-order valence-corrected chi connectivity index (χ1v) is 5.02. The van der Waals surface area contributed by atoms with E-state index in [1.807, 2.05) is 6.92 Å². The lowest BCUT2D eigenvalue weighted by Crippen LogP contribution is -2.36. The van der Waals surface area contributed by atoms with Crippen LogP contribution in [0.3, 0.4) is 0 Å². The molecule has 5 nitrogen and oxygen atoms in total. The molecule has 0 aromatic carbocycles. The van der Waals surface area contributed by atoms with Gasteiger partial charge in [-0.25, -0.2) is 4.98 Å². The third-order valence-corrected chi connectivity index (χ3v) is 2.14. The van der Waals surface area contributed by atoms with Crippen molar-refractivity contribution >= 4 is 11.6 Å². The maximum atomic E-state index is 11.6. The van der Waals surface area contributed by atoms with E-state index >= 15 is 0 Å². The fourth-order valence-corrected chi connectivity index (χ4v) is 1.31. The normalized spacial score (nSPS) is 11.8. The molecule has 0 bridgehead atoms. The largest absolute Gasteiger partial charge is 0.481 e. The average molecular weight is 223 g/mol. The quantitative estimate of drug-likeness (QED) is 0.826. The van der Waals surface area contributed by atoms with E-state index in [1.165, 1.54) is 0 Å². The Morgan fingerprint density at radius 2 is 2.25 bits per heavy atom. The van der Waals surface area contributed by atoms with Crippen LogP contribution < -0.4 is 10.1 Å². The molecule has 0 aliphatic carbocycles. The molecule has 0 radical (unpaired) electrons. The highest BCUT2D eigenvalue weighted by Gasteiger charge is 2.14. The molecule has 0 saturated carbocycles. The van der Waals surface area contributed by atoms with E-state index < -0.39 is 0 Å². The summed E-state index contributed by atoms with van der Waals surface area (Å²) in [4.78, 5) is 17.2. The molecule has 88 valence electrons. The van der Waals surface area contributed by atoms with Gasteiger partial charge in [-0.2, -0.15) is 0 Å². The molecule has 1 atom stereocenters. The lowest BCUT2D eigenvalue weighted by Gasteiger charge is -2.18. The first kappa shape index (κ1) is 12.3. The van der Waals surface area contributed by atoms with Gasteiger partial charge in [-0.1, -0.05) is 0 Å². The molecule has 1 aromatic rings. The zero-order chi connectivity index (χ0) is 12.1. The second-order valence-electron chi connectivity index (χ2n) is 3.69. The maximum Gasteiger partial charge on any atom is 0.244 e. The van der Waals surface area contributed by atoms with Gasteiger partial charge >= 0.3 is 0 Å². The maximum absolute atomic E-state index is 11.6. The Morgan fingerprint density at radius 1 is 1.56 bits per heavy atom. The average Bonchev–Trinajstić information content (AvgIpc) is 2.28. The smallest absolute Gasteiger partial charge is 0.244 e. The Balaban J connectivity index is 2.69. The molecule has 1 unspecified atom stereocenters. The summed E-state index contributed by atoms with van der Waals surface area (Å²) < 4.78 is 5.00. The molecular formula is C11H17N3O2. The molecule has 1 aromatic heterocycles. The number of methoxy groups -OCH3 is 1. The zero-order valence-electron chi connectivity index (χ0n) is 10.0. The van der Waals surface area contributed by atoms with Crippen molar-refractivity contribution in [3.63, 3.8) is 0 Å². The molecule has 0 spiro atoms. The number of amides is 1. The third-order valence-electron chi connectivity index (χ3n) is 2.14. The van der Waals surface area contributed by atoms with Crippen molar-refractivity contribution in [3.8, 4) is 5.88 Å². The Bertz CT molecular complexity index is 366. The van der Waals surface area contributed by atoms with Crippen LogP contribution in [0.4, 0.5) is 5.69 Å². The highest BCUT2D eigenvalue weighted by atomic mass is 16.5. The number of nitrogens with one attached hydrogen (secondary N) is 1. The highest BCUT2D eigenvalue weighted by Crippen LogP contribution is 2.14. The second-order valence-corrected chi connectivity index (χ2v) is 3.69. The molecule has 0 fully saturated rings. The molecule has 0 aliphatic rings. The van der Waals surface area contributed by atoms with Crippen LogP contribution in [-0.2, 0) is 4.79 Å². The summed E-state index contributed by atoms with van der Waals surface area (Å²) in [5, 5.41) is 3.09. The van der Waals surface area contributed by atoms with Crippen molar-refractivity contribution in [3.05, 3.63) is 18.3 Å². The summed E-state index contributed by atoms with van der Waals surface area (Å²) >= 11 is 0. The van der Waals surface area contributed by atoms with Crippen molar-refractivity contribution in [2.24, 2.45) is 0 Å². The lowest BCUT2D eigenvalue weighted by atomic mass is 10.2. The van der Waals surface area contributed by atoms with Gasteiger partial charge in [0.15, 0.2) is 0 Å². The predicted molar refractivity (Wildman–Crippen MR) is 62.6 cm³/mol. The summed E-state index contributed by atoms with van der Waals surface area (Å²) in [7, 11) is 5.02. The number of likely N-dealkylation sites (N-methyl/N-ethyl adjacent to an activating group) is 1. The number of nitrogens with zero attached hydrogens (tertiary/aromatic N) is 2. The first-order valence-electron chi connectivity index (χ1n) is 5.02. The standard InChI is InChI=1S/C11H17N3O2/c1-8(11(15)14(2)3)13-9-5-6-12-10(7-9)16-4/h5-8H,1-4H3,(H,12,13). The molecule has 1 rings (SSSR count). The zero-order valence-corrected chi connectivity index (χ0v) is 10.0. The number of carbonyl (C=O) groups is 1. The number of hydrogen-bond acceptors (Lipinski definition) is 4. The number of hydrogen-bond donors (Lipinski definition) is 1. The molecular weight excluding hydrogens is 206 g/mol. The summed E-state index contributed by atoms with van der Waals surface area (Å²) in [6.45, 7) is 1.81. The van der Waals surface area contributed by atoms with E-state index in [9.17, 15) is 4.79 Å². The molecule has 0 saturated heterocycles. The van der Waals surface area contributed by atoms with E-state index in [-0.39, 0.29) is 11.9 Å². The van der Waals surface area contributed by atoms with E-state index in [0.717, 1.165) is 5.69 Å². The Labute approximate surface area is 95.4 Å². The van der Waals surface area contributed by atoms with Crippen LogP contribution in [0.5, 0.6) is 5.88 Å². The van der Waals surface area contributed by atoms with Crippen LogP contribution in [0, 0.1) is 0 Å². The molecule has 1 heterocycles. The molecule has 16 heavy (non-hydrogen) atoms. The summed E-state index contributed by atoms with van der Waals surface area (Å²) in [5.74, 6) is 0.547. The van der Waals surface area contributed by atoms with Crippen LogP contribution >= 0.6 is 0 Å². The monoisotopic (exact) mass is 223 g/mol. The summed E-state index contributed by atoms with van der Waals surface area (Å²) in [6, 6.07) is 3.27. The summed E-state index contributed by atoms with van der Waals surface area (Å²) in [6.07, 6.45) is 1.63. The van der Waals surface area contributed by atoms with Crippen molar-refractivity contribution in [1.82, 2.24) is 9.88 Å². The lowest BCUT2D eigenvalue weighted by molar-refractivity contribution is -0.129. The first-order chi connectivity index (χ1) is 7.54. The molecule has 0 aliphatic heterocycles. The fraction of sp³-hybridized carbons (Fsp3) is 0.455. The van der Waals surface area contributed by atoms with Gasteiger partial charge in [-0.3, -0.25) is 4.79 Å². The van der Waals surface area contributed by atoms with E-state index in [2.05, 4.69) is 10.3 Å². The van der Waals surface area contributed by atoms with Gasteiger partial charge in [0.05, 0.1) is 7.11 Å². The van der Waals surface area contributed by atoms with Gasteiger partial charge in [-0.05, 0) is 13.0 Å². The van der Waals surface area contributed by atoms with Crippen molar-refractivity contribution in [1.29, 1.82) is 0 Å². The van der Waals surface area contributed by atoms with Crippen molar-refractivity contribution in [2.75, 3.05) is 26.5 Å². The Hall–Kier alpha value is -1.78. The van der Waals surface area contributed by atoms with Gasteiger partial charge in [0, 0.05) is 32.0 Å². The Morgan fingerprint density at radius 3 is 2.81 bits per heavy atom. The van der Waals surface area contributed by atoms with Gasteiger partial charge in [0.25, 0.3) is 0 Å². The van der Waals surface area contributed by atoms with E-state index in [1.54, 1.807) is 44.4 Å². The minimum atomic E-state index is -0.276. The number of ether oxygens (including phenoxy) is 1. The molecule has 1 N–H and O–H groups in total. The van der Waals surface area contributed by atoms with Gasteiger partial charge in [-0.15, -0.1) is 0 Å². The number of aromatic nitrogens is 1. The topological polar surface area (TPSA) is 54.5 Å². The SMILES string of the molecule is COc1cc(NC(C)C(=O)N(C)C)ccn1. The van der Waals surface area contributed by atoms with Crippen molar-refractivity contribution < 1.29 is 9.53 Å². The fourth-order valence-electron chi connectivity index (χ4n) is 1.31. The number of anilines is 1. The van der Waals surface area contributed by atoms with E-state index in [4.69, 9.17) is 4.74 Å². The van der Waals surface area contributed by atoms with E-state index in [0.29, 0.717) is 5.88 Å². The molecule has 1 amide bonds. The summed E-state index contributed by atoms with van der Waals surface area (Å²) in [5.41, 5.74) is 0.814. The molecule has 5 heteroatoms. The van der Waals surface area contributed by atoms with Crippen LogP contribution in [0.25, 0.3) is 0 Å². The van der Waals surface area contributed by atoms with Crippen LogP contribution in [-0.4, -0.2) is 43.0 Å². The number of rotatable bonds is 4. The van der Waals surface area contributed by atoms with Crippen LogP contribution in [0.2, 0.25) is 0 Å². The van der Waals surface area contributed by atoms with Gasteiger partial charge < -0.3 is 15.0 Å². The Kier molecular flexibility index (Phi) is 4.10. The third kappa shape index (κ3) is 3.12. The van der Waals surface area contributed by atoms with Crippen LogP contribution in [0.15, 0.2) is 18.3 Å². The van der Waals surface area contributed by atoms with Crippen LogP contribution in [0.1, 0.15) is 6.92 Å². The van der Waals surface area contributed by atoms with Crippen molar-refractivity contribution in [2.45, 2.75) is 13.0 Å². The minimum Gasteiger partial charge on any atom is -0.481 e. The minimum absolute atomic E-state index is 0.0239. The van der Waals surface area contributed by atoms with Gasteiger partial charge in [0.2, 0.25) is 11.8 Å². The van der Waals surface area contributed by atoms with Gasteiger partial charge in [0.1, 0.15) is 6.04 Å². The number of carbonyl (C=O) groups excluding carboxylic acids is 1. The highest BCUT2D eigenvalue weighted by molar-refractivity contribution is 5.83.